The predicted octanol–water partition coefficient (Wildman–Crippen LogP) is 4.65. The topological polar surface area (TPSA) is 53.4 Å². The van der Waals surface area contributed by atoms with Gasteiger partial charge >= 0.3 is 0 Å². The van der Waals surface area contributed by atoms with Gasteiger partial charge in [-0.05, 0) is 36.6 Å². The van der Waals surface area contributed by atoms with Crippen molar-refractivity contribution in [3.8, 4) is 0 Å². The van der Waals surface area contributed by atoms with Crippen molar-refractivity contribution in [2.75, 3.05) is 0 Å². The zero-order valence-corrected chi connectivity index (χ0v) is 14.5. The van der Waals surface area contributed by atoms with Crippen molar-refractivity contribution in [2.45, 2.75) is 20.4 Å². The van der Waals surface area contributed by atoms with Crippen LogP contribution in [-0.2, 0) is 6.54 Å². The van der Waals surface area contributed by atoms with E-state index in [0.29, 0.717) is 5.06 Å². The minimum atomic E-state index is -0.540. The number of aromatic nitrogens is 1. The van der Waals surface area contributed by atoms with E-state index >= 15 is 0 Å². The maximum absolute atomic E-state index is 12.3. The maximum atomic E-state index is 12.3. The van der Waals surface area contributed by atoms with Crippen molar-refractivity contribution in [1.82, 2.24) is 10.0 Å². The summed E-state index contributed by atoms with van der Waals surface area (Å²) in [4.78, 5) is 16.4. The average molecular weight is 334 g/mol. The number of hydrogen-bond donors (Lipinski definition) is 1. The molecule has 0 fully saturated rings. The third kappa shape index (κ3) is 5.26. The summed E-state index contributed by atoms with van der Waals surface area (Å²) in [5.41, 5.74) is 3.74. The fraction of sp³-hybridized carbons (Fsp3) is 0.143. The first-order valence-corrected chi connectivity index (χ1v) is 8.02. The van der Waals surface area contributed by atoms with Crippen LogP contribution in [-0.4, -0.2) is 21.2 Å². The lowest BCUT2D eigenvalue weighted by Crippen LogP contribution is -2.27. The van der Waals surface area contributed by atoms with Crippen LogP contribution < -0.4 is 0 Å². The fourth-order valence-corrected chi connectivity index (χ4v) is 2.34. The van der Waals surface area contributed by atoms with E-state index in [1.165, 1.54) is 0 Å². The molecule has 0 saturated carbocycles. The van der Waals surface area contributed by atoms with Crippen LogP contribution in [0, 0.1) is 0 Å². The predicted molar refractivity (Wildman–Crippen MR) is 99.9 cm³/mol. The van der Waals surface area contributed by atoms with E-state index in [-0.39, 0.29) is 12.2 Å². The highest BCUT2D eigenvalue weighted by molar-refractivity contribution is 5.91. The molecule has 1 aromatic carbocycles. The molecule has 4 heteroatoms. The Balaban J connectivity index is 2.07. The van der Waals surface area contributed by atoms with Gasteiger partial charge in [0, 0.05) is 6.20 Å². The van der Waals surface area contributed by atoms with E-state index in [1.807, 2.05) is 62.4 Å². The van der Waals surface area contributed by atoms with Crippen LogP contribution in [0.1, 0.15) is 35.5 Å². The Labute approximate surface area is 148 Å². The number of benzene rings is 1. The minimum Gasteiger partial charge on any atom is -0.285 e. The average Bonchev–Trinajstić information content (AvgIpc) is 2.62. The third-order valence-electron chi connectivity index (χ3n) is 3.59. The van der Waals surface area contributed by atoms with Gasteiger partial charge < -0.3 is 0 Å². The van der Waals surface area contributed by atoms with Gasteiger partial charge in [0.2, 0.25) is 0 Å². The Morgan fingerprint density at radius 2 is 1.96 bits per heavy atom. The molecule has 0 atom stereocenters. The van der Waals surface area contributed by atoms with E-state index in [2.05, 4.69) is 11.6 Å². The van der Waals surface area contributed by atoms with Crippen molar-refractivity contribution in [1.29, 1.82) is 0 Å². The standard InChI is InChI=1S/C21H22N2O2/c1-4-8-16(2)13-17(3)19-11-12-20(22-14-19)21(24)23(25)15-18-9-6-5-7-10-18/h4-14,25H,3,15H2,1-2H3. The lowest BCUT2D eigenvalue weighted by Gasteiger charge is -2.14. The van der Waals surface area contributed by atoms with Crippen molar-refractivity contribution >= 4 is 11.5 Å². The number of amides is 1. The van der Waals surface area contributed by atoms with Gasteiger partial charge in [0.1, 0.15) is 5.69 Å². The summed E-state index contributed by atoms with van der Waals surface area (Å²) >= 11 is 0. The number of pyridine rings is 1. The van der Waals surface area contributed by atoms with Crippen LogP contribution in [0.25, 0.3) is 5.57 Å². The van der Waals surface area contributed by atoms with Crippen LogP contribution in [0.15, 0.2) is 79.0 Å². The van der Waals surface area contributed by atoms with Crippen molar-refractivity contribution < 1.29 is 10.0 Å². The number of allylic oxidation sites excluding steroid dienone is 5. The van der Waals surface area contributed by atoms with Crippen LogP contribution in [0.3, 0.4) is 0 Å². The maximum Gasteiger partial charge on any atom is 0.296 e. The Hall–Kier alpha value is -2.98. The van der Waals surface area contributed by atoms with Gasteiger partial charge in [-0.3, -0.25) is 15.0 Å². The number of hydroxylamine groups is 2. The van der Waals surface area contributed by atoms with Gasteiger partial charge in [0.05, 0.1) is 6.54 Å². The second-order valence-electron chi connectivity index (χ2n) is 5.69. The summed E-state index contributed by atoms with van der Waals surface area (Å²) in [7, 11) is 0. The van der Waals surface area contributed by atoms with Gasteiger partial charge in [-0.1, -0.05) is 66.8 Å². The van der Waals surface area contributed by atoms with Gasteiger partial charge in [0.25, 0.3) is 5.91 Å². The van der Waals surface area contributed by atoms with E-state index in [4.69, 9.17) is 0 Å². The summed E-state index contributed by atoms with van der Waals surface area (Å²) in [5, 5.41) is 10.7. The van der Waals surface area contributed by atoms with E-state index < -0.39 is 5.91 Å². The molecular formula is C21H22N2O2. The molecule has 0 radical (unpaired) electrons. The molecule has 0 unspecified atom stereocenters. The quantitative estimate of drug-likeness (QED) is 0.475. The Kier molecular flexibility index (Phi) is 6.43. The van der Waals surface area contributed by atoms with Crippen LogP contribution in [0.4, 0.5) is 0 Å². The van der Waals surface area contributed by atoms with Crippen LogP contribution in [0.5, 0.6) is 0 Å². The Bertz CT molecular complexity index is 790. The number of carbonyl (C=O) groups is 1. The lowest BCUT2D eigenvalue weighted by atomic mass is 10.1. The normalized spacial score (nSPS) is 11.6. The van der Waals surface area contributed by atoms with Crippen molar-refractivity contribution in [3.05, 3.63) is 95.9 Å². The molecule has 2 rings (SSSR count). The molecule has 0 aliphatic carbocycles. The molecule has 0 aliphatic rings. The van der Waals surface area contributed by atoms with Gasteiger partial charge in [-0.2, -0.15) is 0 Å². The Morgan fingerprint density at radius 3 is 2.56 bits per heavy atom. The first kappa shape index (κ1) is 18.4. The zero-order chi connectivity index (χ0) is 18.2. The highest BCUT2D eigenvalue weighted by Gasteiger charge is 2.15. The highest BCUT2D eigenvalue weighted by Crippen LogP contribution is 2.16. The van der Waals surface area contributed by atoms with Gasteiger partial charge in [-0.15, -0.1) is 0 Å². The monoisotopic (exact) mass is 334 g/mol. The van der Waals surface area contributed by atoms with Crippen LogP contribution in [0.2, 0.25) is 0 Å². The van der Waals surface area contributed by atoms with Gasteiger partial charge in [-0.25, -0.2) is 5.06 Å². The molecule has 4 nitrogen and oxygen atoms in total. The fourth-order valence-electron chi connectivity index (χ4n) is 2.34. The summed E-state index contributed by atoms with van der Waals surface area (Å²) in [6.07, 6.45) is 7.49. The molecule has 1 N–H and O–H groups in total. The van der Waals surface area contributed by atoms with E-state index in [1.54, 1.807) is 18.3 Å². The van der Waals surface area contributed by atoms with Crippen molar-refractivity contribution in [3.63, 3.8) is 0 Å². The summed E-state index contributed by atoms with van der Waals surface area (Å²) in [6, 6.07) is 12.7. The number of rotatable bonds is 6. The van der Waals surface area contributed by atoms with Crippen molar-refractivity contribution in [2.24, 2.45) is 0 Å². The molecule has 0 aliphatic heterocycles. The minimum absolute atomic E-state index is 0.112. The van der Waals surface area contributed by atoms with Crippen LogP contribution >= 0.6 is 0 Å². The summed E-state index contributed by atoms with van der Waals surface area (Å²) in [5.74, 6) is -0.540. The van der Waals surface area contributed by atoms with E-state index in [9.17, 15) is 10.0 Å². The smallest absolute Gasteiger partial charge is 0.285 e. The molecule has 1 aromatic heterocycles. The summed E-state index contributed by atoms with van der Waals surface area (Å²) in [6.45, 7) is 8.08. The molecule has 0 saturated heterocycles. The first-order valence-electron chi connectivity index (χ1n) is 8.02. The lowest BCUT2D eigenvalue weighted by molar-refractivity contribution is -0.0652. The molecule has 1 heterocycles. The van der Waals surface area contributed by atoms with Gasteiger partial charge in [0.15, 0.2) is 0 Å². The zero-order valence-electron chi connectivity index (χ0n) is 14.5. The molecule has 0 bridgehead atoms. The molecular weight excluding hydrogens is 312 g/mol. The number of hydrogen-bond acceptors (Lipinski definition) is 3. The first-order chi connectivity index (χ1) is 12.0. The SMILES string of the molecule is C=C(C=C(C)C=CC)c1ccc(C(=O)N(O)Cc2ccccc2)nc1. The largest absolute Gasteiger partial charge is 0.296 e. The highest BCUT2D eigenvalue weighted by atomic mass is 16.5. The molecule has 2 aromatic rings. The molecule has 128 valence electrons. The second kappa shape index (κ2) is 8.76. The van der Waals surface area contributed by atoms with E-state index in [0.717, 1.165) is 22.3 Å². The molecule has 1 amide bonds. The molecule has 25 heavy (non-hydrogen) atoms. The summed E-state index contributed by atoms with van der Waals surface area (Å²) < 4.78 is 0. The number of carbonyl (C=O) groups excluding carboxylic acids is 1. The third-order valence-corrected chi connectivity index (χ3v) is 3.59. The number of nitrogens with zero attached hydrogens (tertiary/aromatic N) is 2. The Morgan fingerprint density at radius 1 is 1.24 bits per heavy atom. The molecule has 0 spiro atoms. The second-order valence-corrected chi connectivity index (χ2v) is 5.69.